The van der Waals surface area contributed by atoms with E-state index < -0.39 is 43.3 Å². The highest BCUT2D eigenvalue weighted by Crippen LogP contribution is 2.75. The second kappa shape index (κ2) is 8.90. The summed E-state index contributed by atoms with van der Waals surface area (Å²) in [7, 11) is -5.61. The summed E-state index contributed by atoms with van der Waals surface area (Å²) in [6.45, 7) is 27.3. The minimum atomic E-state index is -1.67. The number of benzene rings is 2. The van der Waals surface area contributed by atoms with Crippen LogP contribution in [0.5, 0.6) is 0 Å². The van der Waals surface area contributed by atoms with Gasteiger partial charge in [0.2, 0.25) is 0 Å². The molecule has 0 unspecified atom stereocenters. The molecule has 2 aromatic carbocycles. The Morgan fingerprint density at radius 3 is 0.968 bits per heavy atom. The van der Waals surface area contributed by atoms with Crippen molar-refractivity contribution in [3.8, 4) is 0 Å². The molecule has 0 aromatic heterocycles. The molecule has 0 amide bonds. The maximum Gasteiger partial charge on any atom is 0.0572 e. The fourth-order valence-electron chi connectivity index (χ4n) is 8.73. The summed E-state index contributed by atoms with van der Waals surface area (Å²) in [6, 6.07) is 23.3. The summed E-state index contributed by atoms with van der Waals surface area (Å²) in [4.78, 5) is 0. The van der Waals surface area contributed by atoms with Gasteiger partial charge in [-0.05, 0) is 30.8 Å². The molecular weight excluding hydrogens is 453 g/mol. The lowest BCUT2D eigenvalue weighted by atomic mass is 9.96. The first-order valence-electron chi connectivity index (χ1n) is 12.3. The maximum atomic E-state index is 2.87. The van der Waals surface area contributed by atoms with E-state index in [0.717, 1.165) is 0 Å². The van der Waals surface area contributed by atoms with E-state index in [9.17, 15) is 0 Å². The number of hydrogen-bond acceptors (Lipinski definition) is 0. The predicted octanol–water partition coefficient (Wildman–Crippen LogP) is 6.90. The lowest BCUT2D eigenvalue weighted by Gasteiger charge is -2.58. The highest BCUT2D eigenvalue weighted by atomic mass is 28.5. The van der Waals surface area contributed by atoms with Gasteiger partial charge in [0.1, 0.15) is 0 Å². The molecule has 0 radical (unpaired) electrons. The number of hydrogen-bond donors (Lipinski definition) is 0. The van der Waals surface area contributed by atoms with E-state index in [1.165, 1.54) is 0 Å². The monoisotopic (exact) mass is 496 g/mol. The van der Waals surface area contributed by atoms with Crippen LogP contribution in [-0.2, 0) is 0 Å². The summed E-state index contributed by atoms with van der Waals surface area (Å²) < 4.78 is 1.10. The van der Waals surface area contributed by atoms with Gasteiger partial charge in [-0.1, -0.05) is 126 Å². The molecule has 0 nitrogen and oxygen atoms in total. The van der Waals surface area contributed by atoms with Crippen molar-refractivity contribution in [2.24, 2.45) is 0 Å². The smallest absolute Gasteiger partial charge is 0.0572 e. The van der Waals surface area contributed by atoms with E-state index in [1.54, 1.807) is 11.1 Å². The Hall–Kier alpha value is -0.736. The van der Waals surface area contributed by atoms with Crippen molar-refractivity contribution >= 4 is 54.4 Å². The predicted molar refractivity (Wildman–Crippen MR) is 158 cm³/mol. The van der Waals surface area contributed by atoms with Gasteiger partial charge < -0.3 is 0 Å². The summed E-state index contributed by atoms with van der Waals surface area (Å²) in [5.74, 6) is 0. The molecule has 0 saturated heterocycles. The van der Waals surface area contributed by atoms with Gasteiger partial charge in [-0.2, -0.15) is 0 Å². The SMILES string of the molecule is C[SiH](C)C1([SiH](C)C)C(c2ccccc2)=C(c2ccccc2)C([SiH](C)C)([SiH](C)C)[Si]1(C)C. The third-order valence-electron chi connectivity index (χ3n) is 8.91. The molecule has 3 rings (SSSR count). The van der Waals surface area contributed by atoms with E-state index in [0.29, 0.717) is 8.57 Å². The summed E-state index contributed by atoms with van der Waals surface area (Å²) in [5, 5.41) is 0. The number of allylic oxidation sites excluding steroid dienone is 2. The first kappa shape index (κ1) is 24.9. The van der Waals surface area contributed by atoms with Crippen LogP contribution in [0.2, 0.25) is 74.0 Å². The molecular formula is C26H44Si5. The molecule has 0 atom stereocenters. The second-order valence-corrected chi connectivity index (χ2v) is 32.9. The van der Waals surface area contributed by atoms with Gasteiger partial charge in [0.05, 0.1) is 8.07 Å². The molecule has 31 heavy (non-hydrogen) atoms. The van der Waals surface area contributed by atoms with Crippen LogP contribution in [-0.4, -0.2) is 43.3 Å². The van der Waals surface area contributed by atoms with Crippen LogP contribution in [0.25, 0.3) is 11.1 Å². The van der Waals surface area contributed by atoms with Crippen LogP contribution in [0.15, 0.2) is 60.7 Å². The van der Waals surface area contributed by atoms with Crippen LogP contribution in [0, 0.1) is 0 Å². The zero-order valence-corrected chi connectivity index (χ0v) is 27.2. The Kier molecular flexibility index (Phi) is 7.14. The first-order chi connectivity index (χ1) is 14.5. The van der Waals surface area contributed by atoms with Crippen LogP contribution < -0.4 is 0 Å². The molecule has 0 bridgehead atoms. The lowest BCUT2D eigenvalue weighted by Crippen LogP contribution is -2.65. The van der Waals surface area contributed by atoms with E-state index in [-0.39, 0.29) is 0 Å². The third kappa shape index (κ3) is 3.29. The van der Waals surface area contributed by atoms with Crippen molar-refractivity contribution < 1.29 is 0 Å². The van der Waals surface area contributed by atoms with Gasteiger partial charge >= 0.3 is 0 Å². The topological polar surface area (TPSA) is 0 Å². The van der Waals surface area contributed by atoms with Crippen molar-refractivity contribution in [3.63, 3.8) is 0 Å². The van der Waals surface area contributed by atoms with Gasteiger partial charge in [-0.25, -0.2) is 0 Å². The highest BCUT2D eigenvalue weighted by Gasteiger charge is 2.71. The highest BCUT2D eigenvalue weighted by molar-refractivity contribution is 7.21. The maximum absolute atomic E-state index is 2.87. The molecule has 2 aromatic rings. The second-order valence-electron chi connectivity index (χ2n) is 11.5. The van der Waals surface area contributed by atoms with E-state index in [1.807, 2.05) is 11.1 Å². The quantitative estimate of drug-likeness (QED) is 0.381. The van der Waals surface area contributed by atoms with Crippen LogP contribution in [0.3, 0.4) is 0 Å². The Morgan fingerprint density at radius 2 is 0.742 bits per heavy atom. The van der Waals surface area contributed by atoms with Crippen molar-refractivity contribution in [1.29, 1.82) is 0 Å². The summed E-state index contributed by atoms with van der Waals surface area (Å²) >= 11 is 0. The van der Waals surface area contributed by atoms with Gasteiger partial charge in [-0.3, -0.25) is 0 Å². The minimum Gasteiger partial charge on any atom is -0.0719 e. The van der Waals surface area contributed by atoms with E-state index in [4.69, 9.17) is 0 Å². The first-order valence-corrected chi connectivity index (χ1v) is 26.9. The third-order valence-corrected chi connectivity index (χ3v) is 45.6. The lowest BCUT2D eigenvalue weighted by molar-refractivity contribution is 1.17. The molecule has 1 aliphatic heterocycles. The fraction of sp³-hybridized carbons (Fsp3) is 0.462. The molecule has 0 spiro atoms. The minimum absolute atomic E-state index is 0.550. The summed E-state index contributed by atoms with van der Waals surface area (Å²) in [5.41, 5.74) is 6.80. The molecule has 1 aliphatic rings. The van der Waals surface area contributed by atoms with Crippen LogP contribution >= 0.6 is 0 Å². The Bertz CT molecular complexity index is 835. The molecule has 0 fully saturated rings. The van der Waals surface area contributed by atoms with Crippen molar-refractivity contribution in [2.75, 3.05) is 0 Å². The van der Waals surface area contributed by atoms with E-state index in [2.05, 4.69) is 126 Å². The molecule has 5 heteroatoms. The normalized spacial score (nSPS) is 19.8. The van der Waals surface area contributed by atoms with Gasteiger partial charge in [-0.15, -0.1) is 0 Å². The Balaban J connectivity index is 2.66. The standard InChI is InChI=1S/C26H44Si5/c1-27(2)25(28(3)4)23(21-17-13-11-14-18-21)24(22-19-15-12-16-20-22)26(29(5)6,30(7)8)31(25,9)10/h11-20,27-30H,1-10H3. The van der Waals surface area contributed by atoms with Gasteiger partial charge in [0.15, 0.2) is 0 Å². The van der Waals surface area contributed by atoms with Crippen LogP contribution in [0.4, 0.5) is 0 Å². The Labute approximate surface area is 199 Å². The average Bonchev–Trinajstić information content (AvgIpc) is 2.91. The summed E-state index contributed by atoms with van der Waals surface area (Å²) in [6.07, 6.45) is 0. The zero-order valence-electron chi connectivity index (χ0n) is 21.6. The van der Waals surface area contributed by atoms with E-state index >= 15 is 0 Å². The van der Waals surface area contributed by atoms with Crippen molar-refractivity contribution in [1.82, 2.24) is 0 Å². The molecule has 0 N–H and O–H groups in total. The van der Waals surface area contributed by atoms with Gasteiger partial charge in [0.25, 0.3) is 0 Å². The van der Waals surface area contributed by atoms with Crippen LogP contribution in [0.1, 0.15) is 11.1 Å². The zero-order chi connectivity index (χ0) is 23.2. The molecule has 0 aliphatic carbocycles. The molecule has 1 heterocycles. The van der Waals surface area contributed by atoms with Crippen molar-refractivity contribution in [2.45, 2.75) is 74.0 Å². The Morgan fingerprint density at radius 1 is 0.484 bits per heavy atom. The molecule has 168 valence electrons. The average molecular weight is 497 g/mol. The fourth-order valence-corrected chi connectivity index (χ4v) is 53.4. The molecule has 0 saturated carbocycles. The van der Waals surface area contributed by atoms with Crippen molar-refractivity contribution in [3.05, 3.63) is 71.8 Å². The number of rotatable bonds is 6. The van der Waals surface area contributed by atoms with Gasteiger partial charge in [0, 0.05) is 35.2 Å². The largest absolute Gasteiger partial charge is 0.0719 e.